The van der Waals surface area contributed by atoms with Gasteiger partial charge in [0.1, 0.15) is 5.69 Å². The average Bonchev–Trinajstić information content (AvgIpc) is 2.86. The summed E-state index contributed by atoms with van der Waals surface area (Å²) >= 11 is 3.51. The van der Waals surface area contributed by atoms with Crippen LogP contribution in [0.5, 0.6) is 0 Å². The van der Waals surface area contributed by atoms with Gasteiger partial charge in [0.2, 0.25) is 0 Å². The van der Waals surface area contributed by atoms with Gasteiger partial charge in [0.25, 0.3) is 5.91 Å². The minimum absolute atomic E-state index is 0. The van der Waals surface area contributed by atoms with Gasteiger partial charge < -0.3 is 11.1 Å². The van der Waals surface area contributed by atoms with E-state index in [9.17, 15) is 4.79 Å². The third-order valence-corrected chi connectivity index (χ3v) is 4.99. The van der Waals surface area contributed by atoms with Crippen LogP contribution < -0.4 is 11.1 Å². The highest BCUT2D eigenvalue weighted by atomic mass is 35.5. The number of carbonyl (C=O) groups excluding carboxylic acids is 1. The van der Waals surface area contributed by atoms with Crippen LogP contribution in [0.3, 0.4) is 0 Å². The Morgan fingerprint density at radius 3 is 2.89 bits per heavy atom. The number of halogens is 1. The number of carbonyl (C=O) groups is 1. The maximum Gasteiger partial charge on any atom is 0.270 e. The second-order valence-electron chi connectivity index (χ2n) is 4.43. The van der Waals surface area contributed by atoms with E-state index in [2.05, 4.69) is 10.3 Å². The Balaban J connectivity index is 0.00000180. The largest absolute Gasteiger partial charge is 0.350 e. The molecule has 0 saturated carbocycles. The summed E-state index contributed by atoms with van der Waals surface area (Å²) in [6, 6.07) is 0. The summed E-state index contributed by atoms with van der Waals surface area (Å²) in [6.07, 6.45) is 3.17. The maximum absolute atomic E-state index is 11.9. The van der Waals surface area contributed by atoms with E-state index in [0.717, 1.165) is 18.0 Å². The van der Waals surface area contributed by atoms with Crippen LogP contribution in [0.4, 0.5) is 0 Å². The number of amides is 1. The molecule has 0 aromatic carbocycles. The van der Waals surface area contributed by atoms with Crippen LogP contribution in [-0.4, -0.2) is 35.5 Å². The lowest BCUT2D eigenvalue weighted by Crippen LogP contribution is -2.31. The summed E-state index contributed by atoms with van der Waals surface area (Å²) < 4.78 is 0. The SMILES string of the molecule is Cl.NCCc1nc(C(=O)NCC2CCSCC2)cs1. The van der Waals surface area contributed by atoms with Crippen LogP contribution in [0.1, 0.15) is 28.3 Å². The van der Waals surface area contributed by atoms with Crippen molar-refractivity contribution in [2.75, 3.05) is 24.6 Å². The van der Waals surface area contributed by atoms with Crippen molar-refractivity contribution in [2.24, 2.45) is 11.7 Å². The lowest BCUT2D eigenvalue weighted by Gasteiger charge is -2.21. The number of nitrogens with one attached hydrogen (secondary N) is 1. The van der Waals surface area contributed by atoms with Crippen molar-refractivity contribution in [1.82, 2.24) is 10.3 Å². The third-order valence-electron chi connectivity index (χ3n) is 3.03. The summed E-state index contributed by atoms with van der Waals surface area (Å²) in [5, 5.41) is 5.75. The molecule has 19 heavy (non-hydrogen) atoms. The average molecular weight is 322 g/mol. The Hall–Kier alpha value is -0.300. The molecule has 1 fully saturated rings. The normalized spacial score (nSPS) is 15.8. The fourth-order valence-electron chi connectivity index (χ4n) is 1.93. The van der Waals surface area contributed by atoms with Crippen LogP contribution in [0.25, 0.3) is 0 Å². The quantitative estimate of drug-likeness (QED) is 0.869. The molecule has 4 nitrogen and oxygen atoms in total. The van der Waals surface area contributed by atoms with Gasteiger partial charge >= 0.3 is 0 Å². The fraction of sp³-hybridized carbons (Fsp3) is 0.667. The molecule has 3 N–H and O–H groups in total. The van der Waals surface area contributed by atoms with Gasteiger partial charge in [-0.3, -0.25) is 4.79 Å². The third kappa shape index (κ3) is 5.30. The molecule has 0 atom stereocenters. The van der Waals surface area contributed by atoms with Gasteiger partial charge in [0.15, 0.2) is 0 Å². The molecule has 1 amide bonds. The molecule has 2 heterocycles. The molecule has 1 aromatic rings. The van der Waals surface area contributed by atoms with E-state index in [-0.39, 0.29) is 18.3 Å². The van der Waals surface area contributed by atoms with Gasteiger partial charge in [-0.05, 0) is 36.8 Å². The highest BCUT2D eigenvalue weighted by Gasteiger charge is 2.16. The first-order valence-corrected chi connectivity index (χ1v) is 8.33. The number of rotatable bonds is 5. The van der Waals surface area contributed by atoms with E-state index < -0.39 is 0 Å². The first-order chi connectivity index (χ1) is 8.79. The summed E-state index contributed by atoms with van der Waals surface area (Å²) in [7, 11) is 0. The van der Waals surface area contributed by atoms with Crippen molar-refractivity contribution in [2.45, 2.75) is 19.3 Å². The second-order valence-corrected chi connectivity index (χ2v) is 6.60. The molecule has 1 aliphatic rings. The zero-order valence-corrected chi connectivity index (χ0v) is 13.2. The number of thioether (sulfide) groups is 1. The molecule has 0 bridgehead atoms. The predicted molar refractivity (Wildman–Crippen MR) is 84.5 cm³/mol. The molecule has 108 valence electrons. The zero-order valence-electron chi connectivity index (χ0n) is 10.8. The minimum atomic E-state index is -0.0484. The molecule has 2 rings (SSSR count). The van der Waals surface area contributed by atoms with Gasteiger partial charge in [-0.2, -0.15) is 11.8 Å². The van der Waals surface area contributed by atoms with Crippen LogP contribution in [0.2, 0.25) is 0 Å². The summed E-state index contributed by atoms with van der Waals surface area (Å²) in [5.41, 5.74) is 6.00. The standard InChI is InChI=1S/C12H19N3OS2.ClH/c13-4-1-11-15-10(8-18-11)12(16)14-7-9-2-5-17-6-3-9;/h8-9H,1-7,13H2,(H,14,16);1H. The van der Waals surface area contributed by atoms with Crippen LogP contribution in [-0.2, 0) is 6.42 Å². The van der Waals surface area contributed by atoms with Crippen molar-refractivity contribution >= 4 is 41.4 Å². The Morgan fingerprint density at radius 2 is 2.21 bits per heavy atom. The highest BCUT2D eigenvalue weighted by molar-refractivity contribution is 7.99. The van der Waals surface area contributed by atoms with Gasteiger partial charge in [0.05, 0.1) is 5.01 Å². The van der Waals surface area contributed by atoms with E-state index >= 15 is 0 Å². The van der Waals surface area contributed by atoms with E-state index in [1.54, 1.807) is 0 Å². The molecule has 0 spiro atoms. The Kier molecular flexibility index (Phi) is 7.75. The van der Waals surface area contributed by atoms with E-state index in [1.165, 1.54) is 35.7 Å². The van der Waals surface area contributed by atoms with Crippen molar-refractivity contribution in [3.63, 3.8) is 0 Å². The smallest absolute Gasteiger partial charge is 0.270 e. The predicted octanol–water partition coefficient (Wildman–Crippen LogP) is 1.94. The van der Waals surface area contributed by atoms with Crippen molar-refractivity contribution in [1.29, 1.82) is 0 Å². The molecule has 1 saturated heterocycles. The Labute approximate surface area is 128 Å². The van der Waals surface area contributed by atoms with Crippen LogP contribution in [0, 0.1) is 5.92 Å². The van der Waals surface area contributed by atoms with Crippen molar-refractivity contribution in [3.05, 3.63) is 16.1 Å². The first kappa shape index (κ1) is 16.8. The molecule has 0 radical (unpaired) electrons. The van der Waals surface area contributed by atoms with Crippen molar-refractivity contribution in [3.8, 4) is 0 Å². The second kappa shape index (κ2) is 8.79. The Bertz CT molecular complexity index is 394. The van der Waals surface area contributed by atoms with Gasteiger partial charge in [0, 0.05) is 18.3 Å². The Morgan fingerprint density at radius 1 is 1.47 bits per heavy atom. The molecule has 7 heteroatoms. The summed E-state index contributed by atoms with van der Waals surface area (Å²) in [6.45, 7) is 1.36. The molecule has 0 aliphatic carbocycles. The van der Waals surface area contributed by atoms with E-state index in [4.69, 9.17) is 5.73 Å². The van der Waals surface area contributed by atoms with Gasteiger partial charge in [-0.25, -0.2) is 4.98 Å². The van der Waals surface area contributed by atoms with Gasteiger partial charge in [-0.1, -0.05) is 0 Å². The number of hydrogen-bond acceptors (Lipinski definition) is 5. The number of hydrogen-bond donors (Lipinski definition) is 2. The van der Waals surface area contributed by atoms with Crippen LogP contribution in [0.15, 0.2) is 5.38 Å². The summed E-state index contributed by atoms with van der Waals surface area (Å²) in [5.74, 6) is 3.03. The minimum Gasteiger partial charge on any atom is -0.350 e. The monoisotopic (exact) mass is 321 g/mol. The number of nitrogens with two attached hydrogens (primary N) is 1. The molecule has 1 aliphatic heterocycles. The topological polar surface area (TPSA) is 68.0 Å². The molecule has 0 unspecified atom stereocenters. The zero-order chi connectivity index (χ0) is 12.8. The molecular formula is C12H20ClN3OS2. The summed E-state index contributed by atoms with van der Waals surface area (Å²) in [4.78, 5) is 16.2. The van der Waals surface area contributed by atoms with Crippen molar-refractivity contribution < 1.29 is 4.79 Å². The maximum atomic E-state index is 11.9. The fourth-order valence-corrected chi connectivity index (χ4v) is 3.93. The van der Waals surface area contributed by atoms with E-state index in [0.29, 0.717) is 18.2 Å². The number of aromatic nitrogens is 1. The highest BCUT2D eigenvalue weighted by Crippen LogP contribution is 2.22. The lowest BCUT2D eigenvalue weighted by molar-refractivity contribution is 0.0942. The molecule has 1 aromatic heterocycles. The van der Waals surface area contributed by atoms with Crippen LogP contribution >= 0.6 is 35.5 Å². The lowest BCUT2D eigenvalue weighted by atomic mass is 10.0. The number of thiazole rings is 1. The number of nitrogens with zero attached hydrogens (tertiary/aromatic N) is 1. The molecular weight excluding hydrogens is 302 g/mol. The van der Waals surface area contributed by atoms with E-state index in [1.807, 2.05) is 17.1 Å². The van der Waals surface area contributed by atoms with Gasteiger partial charge in [-0.15, -0.1) is 23.7 Å². The first-order valence-electron chi connectivity index (χ1n) is 6.30.